The summed E-state index contributed by atoms with van der Waals surface area (Å²) in [5.41, 5.74) is 2.77. The van der Waals surface area contributed by atoms with Gasteiger partial charge in [-0.15, -0.1) is 0 Å². The second-order valence-electron chi connectivity index (χ2n) is 8.21. The smallest absolute Gasteiger partial charge is 0.229 e. The molecule has 1 heterocycles. The number of benzene rings is 3. The highest BCUT2D eigenvalue weighted by atomic mass is 16.5. The highest BCUT2D eigenvalue weighted by Crippen LogP contribution is 2.31. The predicted octanol–water partition coefficient (Wildman–Crippen LogP) is 3.21. The lowest BCUT2D eigenvalue weighted by atomic mass is 10.1. The van der Waals surface area contributed by atoms with Gasteiger partial charge in [0, 0.05) is 30.8 Å². The molecular formula is C27H30N2O5. The average Bonchev–Trinajstić information content (AvgIpc) is 3.24. The average molecular weight is 463 g/mol. The lowest BCUT2D eigenvalue weighted by Gasteiger charge is -2.22. The Hall–Kier alpha value is -3.55. The molecule has 3 aromatic carbocycles. The molecule has 0 spiro atoms. The first-order valence-corrected chi connectivity index (χ1v) is 11.4. The van der Waals surface area contributed by atoms with Gasteiger partial charge in [0.25, 0.3) is 0 Å². The number of aliphatic hydroxyl groups is 1. The molecule has 0 radical (unpaired) electrons. The van der Waals surface area contributed by atoms with Crippen molar-refractivity contribution in [3.05, 3.63) is 83.9 Å². The number of amides is 1. The van der Waals surface area contributed by atoms with E-state index in [-0.39, 0.29) is 18.6 Å². The summed E-state index contributed by atoms with van der Waals surface area (Å²) >= 11 is 0. The molecule has 3 aromatic rings. The number of carbonyl (C=O) groups is 1. The van der Waals surface area contributed by atoms with E-state index in [9.17, 15) is 9.90 Å². The molecule has 2 atom stereocenters. The summed E-state index contributed by atoms with van der Waals surface area (Å²) in [5, 5.41) is 16.6. The third-order valence-corrected chi connectivity index (χ3v) is 5.60. The van der Waals surface area contributed by atoms with Crippen LogP contribution in [0.2, 0.25) is 0 Å². The lowest BCUT2D eigenvalue weighted by molar-refractivity contribution is -0.115. The minimum absolute atomic E-state index is 0.0484. The SMILES string of the molecule is COc1ccccc1OC(CNCC(O)COc1cccc2c1CC(=O)N2)Cc1ccccc1. The molecule has 3 N–H and O–H groups in total. The number of hydrogen-bond acceptors (Lipinski definition) is 6. The molecule has 1 amide bonds. The van der Waals surface area contributed by atoms with Gasteiger partial charge >= 0.3 is 0 Å². The Morgan fingerprint density at radius 2 is 1.68 bits per heavy atom. The largest absolute Gasteiger partial charge is 0.493 e. The van der Waals surface area contributed by atoms with E-state index in [2.05, 4.69) is 22.8 Å². The number of para-hydroxylation sites is 2. The van der Waals surface area contributed by atoms with Crippen molar-refractivity contribution in [1.82, 2.24) is 5.32 Å². The fourth-order valence-electron chi connectivity index (χ4n) is 3.94. The van der Waals surface area contributed by atoms with Gasteiger partial charge in [-0.05, 0) is 29.8 Å². The van der Waals surface area contributed by atoms with E-state index in [1.807, 2.05) is 60.7 Å². The fraction of sp³-hybridized carbons (Fsp3) is 0.296. The number of carbonyl (C=O) groups excluding carboxylic acids is 1. The molecule has 7 heteroatoms. The molecular weight excluding hydrogens is 432 g/mol. The zero-order valence-corrected chi connectivity index (χ0v) is 19.2. The van der Waals surface area contributed by atoms with Crippen molar-refractivity contribution in [3.8, 4) is 17.2 Å². The third-order valence-electron chi connectivity index (χ3n) is 5.60. The van der Waals surface area contributed by atoms with Gasteiger partial charge in [-0.25, -0.2) is 0 Å². The first kappa shape index (κ1) is 23.6. The molecule has 0 saturated carbocycles. The van der Waals surface area contributed by atoms with Crippen LogP contribution in [0, 0.1) is 0 Å². The summed E-state index contributed by atoms with van der Waals surface area (Å²) < 4.78 is 17.5. The van der Waals surface area contributed by atoms with Crippen molar-refractivity contribution < 1.29 is 24.1 Å². The zero-order valence-electron chi connectivity index (χ0n) is 19.2. The van der Waals surface area contributed by atoms with Gasteiger partial charge in [-0.3, -0.25) is 4.79 Å². The van der Waals surface area contributed by atoms with Crippen LogP contribution in [0.25, 0.3) is 0 Å². The first-order chi connectivity index (χ1) is 16.6. The number of ether oxygens (including phenoxy) is 3. The zero-order chi connectivity index (χ0) is 23.8. The molecule has 7 nitrogen and oxygen atoms in total. The standard InChI is InChI=1S/C27H30N2O5/c1-32-25-11-5-6-12-26(25)34-21(14-19-8-3-2-4-9-19)17-28-16-20(30)18-33-24-13-7-10-23-22(24)15-27(31)29-23/h2-13,20-21,28,30H,14-18H2,1H3,(H,29,31). The quantitative estimate of drug-likeness (QED) is 0.383. The predicted molar refractivity (Wildman–Crippen MR) is 131 cm³/mol. The van der Waals surface area contributed by atoms with E-state index in [0.29, 0.717) is 43.2 Å². The van der Waals surface area contributed by atoms with Crippen LogP contribution >= 0.6 is 0 Å². The molecule has 4 rings (SSSR count). The molecule has 0 aromatic heterocycles. The summed E-state index contributed by atoms with van der Waals surface area (Å²) in [6.45, 7) is 0.990. The van der Waals surface area contributed by atoms with E-state index in [0.717, 1.165) is 16.8 Å². The van der Waals surface area contributed by atoms with Crippen molar-refractivity contribution >= 4 is 11.6 Å². The third kappa shape index (κ3) is 6.27. The van der Waals surface area contributed by atoms with Crippen LogP contribution in [0.4, 0.5) is 5.69 Å². The highest BCUT2D eigenvalue weighted by molar-refractivity contribution is 6.00. The van der Waals surface area contributed by atoms with Crippen molar-refractivity contribution in [2.45, 2.75) is 25.0 Å². The fourth-order valence-corrected chi connectivity index (χ4v) is 3.94. The number of aliphatic hydroxyl groups excluding tert-OH is 1. The van der Waals surface area contributed by atoms with Gasteiger partial charge < -0.3 is 30.0 Å². The Morgan fingerprint density at radius 1 is 0.941 bits per heavy atom. The molecule has 0 bridgehead atoms. The summed E-state index contributed by atoms with van der Waals surface area (Å²) in [4.78, 5) is 11.7. The van der Waals surface area contributed by atoms with E-state index in [1.54, 1.807) is 7.11 Å². The van der Waals surface area contributed by atoms with Crippen LogP contribution in [0.3, 0.4) is 0 Å². The Morgan fingerprint density at radius 3 is 2.47 bits per heavy atom. The van der Waals surface area contributed by atoms with E-state index >= 15 is 0 Å². The van der Waals surface area contributed by atoms with Gasteiger partial charge in [-0.1, -0.05) is 48.5 Å². The number of rotatable bonds is 12. The van der Waals surface area contributed by atoms with Crippen LogP contribution in [0.15, 0.2) is 72.8 Å². The van der Waals surface area contributed by atoms with Gasteiger partial charge in [0.05, 0.1) is 13.5 Å². The topological polar surface area (TPSA) is 89.1 Å². The van der Waals surface area contributed by atoms with Crippen molar-refractivity contribution in [2.75, 3.05) is 32.1 Å². The Bertz CT molecular complexity index is 1090. The molecule has 1 aliphatic rings. The summed E-state index contributed by atoms with van der Waals surface area (Å²) in [6.07, 6.45) is 0.114. The van der Waals surface area contributed by atoms with Crippen molar-refractivity contribution in [1.29, 1.82) is 0 Å². The van der Waals surface area contributed by atoms with Crippen molar-refractivity contribution in [2.24, 2.45) is 0 Å². The summed E-state index contributed by atoms with van der Waals surface area (Å²) in [6, 6.07) is 23.2. The van der Waals surface area contributed by atoms with Gasteiger partial charge in [0.1, 0.15) is 24.6 Å². The van der Waals surface area contributed by atoms with E-state index in [1.165, 1.54) is 0 Å². The molecule has 1 aliphatic heterocycles. The second kappa shape index (κ2) is 11.5. The van der Waals surface area contributed by atoms with E-state index in [4.69, 9.17) is 14.2 Å². The molecule has 0 fully saturated rings. The Balaban J connectivity index is 1.31. The Labute approximate surface area is 199 Å². The Kier molecular flexibility index (Phi) is 8.01. The summed E-state index contributed by atoms with van der Waals surface area (Å²) in [5.74, 6) is 1.93. The first-order valence-electron chi connectivity index (χ1n) is 11.4. The summed E-state index contributed by atoms with van der Waals surface area (Å²) in [7, 11) is 1.62. The number of hydrogen-bond donors (Lipinski definition) is 3. The minimum Gasteiger partial charge on any atom is -0.493 e. The molecule has 178 valence electrons. The van der Waals surface area contributed by atoms with Gasteiger partial charge in [0.15, 0.2) is 11.5 Å². The maximum Gasteiger partial charge on any atom is 0.229 e. The van der Waals surface area contributed by atoms with Gasteiger partial charge in [0.2, 0.25) is 5.91 Å². The van der Waals surface area contributed by atoms with Crippen LogP contribution in [0.5, 0.6) is 17.2 Å². The number of fused-ring (bicyclic) bond motifs is 1. The van der Waals surface area contributed by atoms with Gasteiger partial charge in [-0.2, -0.15) is 0 Å². The molecule has 0 saturated heterocycles. The maximum atomic E-state index is 11.7. The molecule has 2 unspecified atom stereocenters. The number of methoxy groups -OCH3 is 1. The normalized spacial score (nSPS) is 14.1. The van der Waals surface area contributed by atoms with Crippen molar-refractivity contribution in [3.63, 3.8) is 0 Å². The van der Waals surface area contributed by atoms with Crippen LogP contribution in [-0.4, -0.2) is 50.0 Å². The minimum atomic E-state index is -0.718. The number of anilines is 1. The number of nitrogens with one attached hydrogen (secondary N) is 2. The van der Waals surface area contributed by atoms with Crippen LogP contribution < -0.4 is 24.8 Å². The second-order valence-corrected chi connectivity index (χ2v) is 8.21. The van der Waals surface area contributed by atoms with E-state index < -0.39 is 6.10 Å². The highest BCUT2D eigenvalue weighted by Gasteiger charge is 2.22. The monoisotopic (exact) mass is 462 g/mol. The van der Waals surface area contributed by atoms with Crippen LogP contribution in [0.1, 0.15) is 11.1 Å². The maximum absolute atomic E-state index is 11.7. The van der Waals surface area contributed by atoms with Crippen LogP contribution in [-0.2, 0) is 17.6 Å². The lowest BCUT2D eigenvalue weighted by Crippen LogP contribution is -2.39. The molecule has 34 heavy (non-hydrogen) atoms. The molecule has 0 aliphatic carbocycles.